The van der Waals surface area contributed by atoms with E-state index in [-0.39, 0.29) is 17.9 Å². The molecule has 0 unspecified atom stereocenters. The Morgan fingerprint density at radius 2 is 1.88 bits per heavy atom. The van der Waals surface area contributed by atoms with Gasteiger partial charge >= 0.3 is 0 Å². The van der Waals surface area contributed by atoms with Crippen LogP contribution in [0, 0.1) is 0 Å². The Morgan fingerprint density at radius 1 is 1.16 bits per heavy atom. The summed E-state index contributed by atoms with van der Waals surface area (Å²) in [6.07, 6.45) is 4.76. The average Bonchev–Trinajstić information content (AvgIpc) is 2.60. The Balaban J connectivity index is 1.81. The quantitative estimate of drug-likeness (QED) is 0.648. The summed E-state index contributed by atoms with van der Waals surface area (Å²) in [4.78, 5) is 27.7. The van der Waals surface area contributed by atoms with Crippen LogP contribution in [0.15, 0.2) is 53.9 Å². The molecule has 2 aromatic rings. The third-order valence-electron chi connectivity index (χ3n) is 3.51. The number of rotatable bonds is 5. The van der Waals surface area contributed by atoms with Gasteiger partial charge in [-0.1, -0.05) is 39.0 Å². The molecule has 25 heavy (non-hydrogen) atoms. The fourth-order valence-corrected chi connectivity index (χ4v) is 2.05. The Morgan fingerprint density at radius 3 is 2.48 bits per heavy atom. The van der Waals surface area contributed by atoms with E-state index in [1.54, 1.807) is 30.6 Å². The molecule has 2 rings (SSSR count). The number of carbonyl (C=O) groups is 2. The third-order valence-corrected chi connectivity index (χ3v) is 3.51. The van der Waals surface area contributed by atoms with Crippen LogP contribution in [-0.4, -0.2) is 29.6 Å². The lowest BCUT2D eigenvalue weighted by Crippen LogP contribution is -2.34. The minimum Gasteiger partial charge on any atom is -0.343 e. The van der Waals surface area contributed by atoms with Crippen molar-refractivity contribution in [3.05, 3.63) is 65.5 Å². The van der Waals surface area contributed by atoms with Crippen LogP contribution in [-0.2, 0) is 10.2 Å². The van der Waals surface area contributed by atoms with Crippen LogP contribution in [0.1, 0.15) is 42.3 Å². The van der Waals surface area contributed by atoms with E-state index in [0.717, 1.165) is 11.1 Å². The largest absolute Gasteiger partial charge is 0.343 e. The van der Waals surface area contributed by atoms with E-state index >= 15 is 0 Å². The summed E-state index contributed by atoms with van der Waals surface area (Å²) in [6, 6.07) is 10.9. The number of nitrogens with zero attached hydrogens (tertiary/aromatic N) is 2. The fourth-order valence-electron chi connectivity index (χ4n) is 2.05. The lowest BCUT2D eigenvalue weighted by Gasteiger charge is -2.19. The van der Waals surface area contributed by atoms with Gasteiger partial charge in [0.05, 0.1) is 12.8 Å². The van der Waals surface area contributed by atoms with Crippen LogP contribution in [0.25, 0.3) is 0 Å². The molecule has 0 bridgehead atoms. The van der Waals surface area contributed by atoms with Crippen LogP contribution >= 0.6 is 0 Å². The lowest BCUT2D eigenvalue weighted by atomic mass is 9.87. The first kappa shape index (κ1) is 18.3. The van der Waals surface area contributed by atoms with Gasteiger partial charge in [-0.3, -0.25) is 14.6 Å². The summed E-state index contributed by atoms with van der Waals surface area (Å²) in [5.41, 5.74) is 4.81. The van der Waals surface area contributed by atoms with E-state index in [2.05, 4.69) is 41.6 Å². The van der Waals surface area contributed by atoms with Gasteiger partial charge in [0.1, 0.15) is 0 Å². The van der Waals surface area contributed by atoms with E-state index in [9.17, 15) is 9.59 Å². The van der Waals surface area contributed by atoms with Crippen molar-refractivity contribution in [3.63, 3.8) is 0 Å². The first-order valence-corrected chi connectivity index (χ1v) is 7.97. The van der Waals surface area contributed by atoms with Crippen LogP contribution in [0.4, 0.5) is 0 Å². The van der Waals surface area contributed by atoms with E-state index in [0.29, 0.717) is 5.56 Å². The fraction of sp³-hybridized carbons (Fsp3) is 0.263. The Hall–Kier alpha value is -3.02. The summed E-state index contributed by atoms with van der Waals surface area (Å²) >= 11 is 0. The first-order valence-electron chi connectivity index (χ1n) is 7.97. The van der Waals surface area contributed by atoms with Crippen molar-refractivity contribution in [2.24, 2.45) is 5.10 Å². The maximum Gasteiger partial charge on any atom is 0.259 e. The number of hydrazone groups is 1. The molecule has 0 fully saturated rings. The molecule has 0 aliphatic carbocycles. The zero-order valence-corrected chi connectivity index (χ0v) is 14.6. The van der Waals surface area contributed by atoms with Crippen molar-refractivity contribution >= 4 is 18.0 Å². The molecule has 0 atom stereocenters. The van der Waals surface area contributed by atoms with Crippen LogP contribution in [0.2, 0.25) is 0 Å². The average molecular weight is 338 g/mol. The molecular weight excluding hydrogens is 316 g/mol. The van der Waals surface area contributed by atoms with Gasteiger partial charge in [-0.2, -0.15) is 5.10 Å². The van der Waals surface area contributed by atoms with Gasteiger partial charge in [0.2, 0.25) is 0 Å². The number of nitrogens with one attached hydrogen (secondary N) is 2. The number of hydrogen-bond acceptors (Lipinski definition) is 4. The molecule has 6 heteroatoms. The molecule has 0 aliphatic rings. The molecule has 2 N–H and O–H groups in total. The second-order valence-corrected chi connectivity index (χ2v) is 6.59. The highest BCUT2D eigenvalue weighted by atomic mass is 16.2. The topological polar surface area (TPSA) is 83.5 Å². The number of pyridine rings is 1. The smallest absolute Gasteiger partial charge is 0.259 e. The number of aromatic nitrogens is 1. The van der Waals surface area contributed by atoms with Gasteiger partial charge < -0.3 is 5.32 Å². The summed E-state index contributed by atoms with van der Waals surface area (Å²) in [7, 11) is 0. The molecule has 6 nitrogen and oxygen atoms in total. The van der Waals surface area contributed by atoms with E-state index in [4.69, 9.17) is 0 Å². The summed E-state index contributed by atoms with van der Waals surface area (Å²) in [5.74, 6) is -0.702. The molecule has 0 saturated heterocycles. The third kappa shape index (κ3) is 5.84. The molecule has 1 aromatic heterocycles. The van der Waals surface area contributed by atoms with Gasteiger partial charge in [-0.15, -0.1) is 0 Å². The Bertz CT molecular complexity index is 747. The molecule has 1 aromatic carbocycles. The zero-order valence-electron chi connectivity index (χ0n) is 14.6. The zero-order chi connectivity index (χ0) is 18.3. The minimum atomic E-state index is -0.403. The number of hydrogen-bond donors (Lipinski definition) is 2. The van der Waals surface area contributed by atoms with Crippen molar-refractivity contribution in [1.82, 2.24) is 15.7 Å². The second kappa shape index (κ2) is 8.19. The van der Waals surface area contributed by atoms with Crippen LogP contribution < -0.4 is 10.7 Å². The molecule has 0 radical (unpaired) electrons. The molecule has 130 valence electrons. The van der Waals surface area contributed by atoms with E-state index < -0.39 is 5.91 Å². The van der Waals surface area contributed by atoms with Gasteiger partial charge in [-0.25, -0.2) is 5.43 Å². The maximum atomic E-state index is 12.1. The monoisotopic (exact) mass is 338 g/mol. The van der Waals surface area contributed by atoms with E-state index in [1.165, 1.54) is 6.21 Å². The SMILES string of the molecule is CC(C)(C)c1ccc(C(=O)NCC(=O)NN=Cc2cccnc2)cc1. The summed E-state index contributed by atoms with van der Waals surface area (Å²) in [6.45, 7) is 6.18. The lowest BCUT2D eigenvalue weighted by molar-refractivity contribution is -0.120. The highest BCUT2D eigenvalue weighted by molar-refractivity contribution is 5.96. The highest BCUT2D eigenvalue weighted by Crippen LogP contribution is 2.22. The van der Waals surface area contributed by atoms with E-state index in [1.807, 2.05) is 18.2 Å². The normalized spacial score (nSPS) is 11.3. The maximum absolute atomic E-state index is 12.1. The molecule has 0 aliphatic heterocycles. The Labute approximate surface area is 147 Å². The van der Waals surface area contributed by atoms with Crippen molar-refractivity contribution < 1.29 is 9.59 Å². The van der Waals surface area contributed by atoms with Gasteiger partial charge in [0.25, 0.3) is 11.8 Å². The number of benzene rings is 1. The predicted octanol–water partition coefficient (Wildman–Crippen LogP) is 2.26. The highest BCUT2D eigenvalue weighted by Gasteiger charge is 2.14. The number of amides is 2. The summed E-state index contributed by atoms with van der Waals surface area (Å²) in [5, 5.41) is 6.38. The van der Waals surface area contributed by atoms with Crippen LogP contribution in [0.3, 0.4) is 0 Å². The van der Waals surface area contributed by atoms with Gasteiger partial charge in [0.15, 0.2) is 0 Å². The minimum absolute atomic E-state index is 0.0289. The predicted molar refractivity (Wildman–Crippen MR) is 97.4 cm³/mol. The molecule has 0 saturated carbocycles. The molecule has 0 spiro atoms. The molecule has 2 amide bonds. The van der Waals surface area contributed by atoms with Crippen LogP contribution in [0.5, 0.6) is 0 Å². The van der Waals surface area contributed by atoms with Gasteiger partial charge in [-0.05, 0) is 29.2 Å². The van der Waals surface area contributed by atoms with Crippen molar-refractivity contribution in [3.8, 4) is 0 Å². The molecule has 1 heterocycles. The summed E-state index contributed by atoms with van der Waals surface area (Å²) < 4.78 is 0. The number of carbonyl (C=O) groups excluding carboxylic acids is 2. The van der Waals surface area contributed by atoms with Crippen molar-refractivity contribution in [2.75, 3.05) is 6.54 Å². The Kier molecular flexibility index (Phi) is 6.00. The standard InChI is InChI=1S/C19H22N4O2/c1-19(2,3)16-8-6-15(7-9-16)18(25)21-13-17(24)23-22-12-14-5-4-10-20-11-14/h4-12H,13H2,1-3H3,(H,21,25)(H,23,24). The second-order valence-electron chi connectivity index (χ2n) is 6.59. The van der Waals surface area contributed by atoms with Gasteiger partial charge in [0, 0.05) is 23.5 Å². The first-order chi connectivity index (χ1) is 11.9. The van der Waals surface area contributed by atoms with Crippen molar-refractivity contribution in [1.29, 1.82) is 0 Å². The van der Waals surface area contributed by atoms with Crippen molar-refractivity contribution in [2.45, 2.75) is 26.2 Å². The molecular formula is C19H22N4O2.